The maximum absolute atomic E-state index is 12.3. The van der Waals surface area contributed by atoms with E-state index in [2.05, 4.69) is 16.1 Å². The largest absolute Gasteiger partial charge is 0.468 e. The van der Waals surface area contributed by atoms with Gasteiger partial charge >= 0.3 is 5.97 Å². The van der Waals surface area contributed by atoms with Crippen molar-refractivity contribution in [1.82, 2.24) is 10.0 Å². The molecule has 0 aliphatic heterocycles. The molecule has 0 saturated heterocycles. The van der Waals surface area contributed by atoms with E-state index in [9.17, 15) is 18.0 Å². The molecule has 1 aromatic heterocycles. The fourth-order valence-electron chi connectivity index (χ4n) is 3.32. The number of allylic oxidation sites excluding steroid dienone is 1. The van der Waals surface area contributed by atoms with E-state index in [1.165, 1.54) is 49.0 Å². The molecule has 0 bridgehead atoms. The normalized spacial score (nSPS) is 14.1. The Morgan fingerprint density at radius 2 is 1.94 bits per heavy atom. The summed E-state index contributed by atoms with van der Waals surface area (Å²) < 4.78 is 37.2. The average Bonchev–Trinajstić information content (AvgIpc) is 3.35. The third-order valence-corrected chi connectivity index (χ3v) is 6.53. The van der Waals surface area contributed by atoms with Gasteiger partial charge in [-0.05, 0) is 68.0 Å². The summed E-state index contributed by atoms with van der Waals surface area (Å²) >= 11 is 0. The van der Waals surface area contributed by atoms with Gasteiger partial charge in [-0.2, -0.15) is 0 Å². The highest BCUT2D eigenvalue weighted by molar-refractivity contribution is 7.89. The number of furan rings is 1. The maximum atomic E-state index is 12.3. The van der Waals surface area contributed by atoms with Crippen molar-refractivity contribution < 1.29 is 27.2 Å². The van der Waals surface area contributed by atoms with Crippen molar-refractivity contribution in [2.75, 3.05) is 13.2 Å². The van der Waals surface area contributed by atoms with E-state index < -0.39 is 16.0 Å². The molecule has 8 nitrogen and oxygen atoms in total. The van der Waals surface area contributed by atoms with Crippen LogP contribution in [0.1, 0.15) is 43.4 Å². The zero-order valence-electron chi connectivity index (χ0n) is 18.3. The number of sulfonamides is 1. The molecule has 0 radical (unpaired) electrons. The second-order valence-electron chi connectivity index (χ2n) is 7.62. The molecule has 0 spiro atoms. The molecular weight excluding hydrogens is 444 g/mol. The van der Waals surface area contributed by atoms with Gasteiger partial charge in [0.15, 0.2) is 6.61 Å². The molecule has 0 atom stereocenters. The summed E-state index contributed by atoms with van der Waals surface area (Å²) in [7, 11) is -3.69. The van der Waals surface area contributed by atoms with Gasteiger partial charge in [-0.1, -0.05) is 23.8 Å². The minimum atomic E-state index is -3.69. The zero-order valence-corrected chi connectivity index (χ0v) is 19.1. The van der Waals surface area contributed by atoms with Crippen LogP contribution in [0.3, 0.4) is 0 Å². The molecule has 0 fully saturated rings. The number of ether oxygens (including phenoxy) is 1. The Morgan fingerprint density at radius 3 is 2.64 bits per heavy atom. The first kappa shape index (κ1) is 24.5. The Hall–Kier alpha value is -3.17. The monoisotopic (exact) mass is 472 g/mol. The van der Waals surface area contributed by atoms with Gasteiger partial charge < -0.3 is 14.5 Å². The summed E-state index contributed by atoms with van der Waals surface area (Å²) in [4.78, 5) is 23.8. The Morgan fingerprint density at radius 1 is 1.12 bits per heavy atom. The van der Waals surface area contributed by atoms with E-state index in [0.29, 0.717) is 17.9 Å². The summed E-state index contributed by atoms with van der Waals surface area (Å²) in [5.41, 5.74) is 1.98. The molecule has 33 heavy (non-hydrogen) atoms. The Balaban J connectivity index is 1.39. The summed E-state index contributed by atoms with van der Waals surface area (Å²) in [6.07, 6.45) is 11.8. The molecule has 3 rings (SSSR count). The van der Waals surface area contributed by atoms with Crippen LogP contribution < -0.4 is 10.0 Å². The molecule has 0 unspecified atom stereocenters. The first-order valence-corrected chi connectivity index (χ1v) is 12.3. The van der Waals surface area contributed by atoms with Crippen LogP contribution >= 0.6 is 0 Å². The highest BCUT2D eigenvalue weighted by Gasteiger charge is 2.14. The standard InChI is InChI=1S/C24H28N2O6S/c27-23(25-15-14-19-5-2-1-3-6-19)18-32-24(28)13-10-20-8-11-22(12-9-20)33(29,30)26-17-21-7-4-16-31-21/h4-5,7-13,16,26H,1-3,6,14-15,17-18H2,(H,25,27)/b13-10+. The number of esters is 1. The zero-order chi connectivity index (χ0) is 23.5. The van der Waals surface area contributed by atoms with Crippen molar-refractivity contribution >= 4 is 28.0 Å². The smallest absolute Gasteiger partial charge is 0.331 e. The minimum absolute atomic E-state index is 0.0499. The molecule has 2 aromatic rings. The van der Waals surface area contributed by atoms with Gasteiger partial charge in [-0.25, -0.2) is 17.9 Å². The summed E-state index contributed by atoms with van der Waals surface area (Å²) in [6, 6.07) is 9.36. The van der Waals surface area contributed by atoms with Crippen molar-refractivity contribution in [2.24, 2.45) is 0 Å². The van der Waals surface area contributed by atoms with Crippen molar-refractivity contribution in [3.05, 3.63) is 71.7 Å². The fraction of sp³-hybridized carbons (Fsp3) is 0.333. The summed E-state index contributed by atoms with van der Waals surface area (Å²) in [6.45, 7) is 0.235. The molecule has 176 valence electrons. The van der Waals surface area contributed by atoms with Crippen LogP contribution in [0.4, 0.5) is 0 Å². The molecule has 0 saturated carbocycles. The Labute approximate surface area is 193 Å². The molecule has 1 amide bonds. The topological polar surface area (TPSA) is 115 Å². The van der Waals surface area contributed by atoms with E-state index in [1.54, 1.807) is 24.3 Å². The SMILES string of the molecule is O=C(COC(=O)/C=C/c1ccc(S(=O)(=O)NCc2ccco2)cc1)NCCC1=CCCCC1. The molecule has 1 aliphatic carbocycles. The maximum Gasteiger partial charge on any atom is 0.331 e. The summed E-state index contributed by atoms with van der Waals surface area (Å²) in [5, 5.41) is 2.75. The lowest BCUT2D eigenvalue weighted by atomic mass is 9.97. The number of hydrogen-bond acceptors (Lipinski definition) is 6. The van der Waals surface area contributed by atoms with Crippen LogP contribution in [-0.2, 0) is 30.9 Å². The Bertz CT molecular complexity index is 1090. The predicted molar refractivity (Wildman–Crippen MR) is 123 cm³/mol. The van der Waals surface area contributed by atoms with Gasteiger partial charge in [-0.15, -0.1) is 0 Å². The van der Waals surface area contributed by atoms with Crippen LogP contribution in [0.25, 0.3) is 6.08 Å². The number of nitrogens with one attached hydrogen (secondary N) is 2. The van der Waals surface area contributed by atoms with Crippen molar-refractivity contribution in [3.8, 4) is 0 Å². The van der Waals surface area contributed by atoms with E-state index in [4.69, 9.17) is 9.15 Å². The molecule has 9 heteroatoms. The van der Waals surface area contributed by atoms with Gasteiger partial charge in [0.25, 0.3) is 5.91 Å². The van der Waals surface area contributed by atoms with E-state index >= 15 is 0 Å². The van der Waals surface area contributed by atoms with Crippen molar-refractivity contribution in [3.63, 3.8) is 0 Å². The van der Waals surface area contributed by atoms with Gasteiger partial charge in [-0.3, -0.25) is 4.79 Å². The van der Waals surface area contributed by atoms with Gasteiger partial charge in [0.2, 0.25) is 10.0 Å². The number of carbonyl (C=O) groups is 2. The quantitative estimate of drug-likeness (QED) is 0.295. The second kappa shape index (κ2) is 12.2. The van der Waals surface area contributed by atoms with Crippen LogP contribution in [0, 0.1) is 0 Å². The highest BCUT2D eigenvalue weighted by atomic mass is 32.2. The van der Waals surface area contributed by atoms with Crippen LogP contribution in [-0.4, -0.2) is 33.4 Å². The van der Waals surface area contributed by atoms with Crippen LogP contribution in [0.15, 0.2) is 69.7 Å². The van der Waals surface area contributed by atoms with Gasteiger partial charge in [0.1, 0.15) is 5.76 Å². The van der Waals surface area contributed by atoms with Gasteiger partial charge in [0.05, 0.1) is 17.7 Å². The predicted octanol–water partition coefficient (Wildman–Crippen LogP) is 3.32. The number of benzene rings is 1. The fourth-order valence-corrected chi connectivity index (χ4v) is 4.31. The third-order valence-electron chi connectivity index (χ3n) is 5.12. The van der Waals surface area contributed by atoms with Crippen LogP contribution in [0.5, 0.6) is 0 Å². The number of carbonyl (C=O) groups excluding carboxylic acids is 2. The second-order valence-corrected chi connectivity index (χ2v) is 9.39. The van der Waals surface area contributed by atoms with E-state index in [0.717, 1.165) is 19.3 Å². The number of rotatable bonds is 11. The summed E-state index contributed by atoms with van der Waals surface area (Å²) in [5.74, 6) is -0.492. The molecular formula is C24H28N2O6S. The first-order valence-electron chi connectivity index (χ1n) is 10.8. The molecule has 1 heterocycles. The molecule has 1 aromatic carbocycles. The van der Waals surface area contributed by atoms with E-state index in [1.807, 2.05) is 0 Å². The highest BCUT2D eigenvalue weighted by Crippen LogP contribution is 2.19. The lowest BCUT2D eigenvalue weighted by Crippen LogP contribution is -2.29. The van der Waals surface area contributed by atoms with E-state index in [-0.39, 0.29) is 24.0 Å². The Kier molecular flexibility index (Phi) is 9.03. The van der Waals surface area contributed by atoms with Crippen molar-refractivity contribution in [2.45, 2.75) is 43.5 Å². The first-order chi connectivity index (χ1) is 15.9. The molecule has 2 N–H and O–H groups in total. The third kappa shape index (κ3) is 8.36. The van der Waals surface area contributed by atoms with Gasteiger partial charge in [0, 0.05) is 12.6 Å². The molecule has 1 aliphatic rings. The lowest BCUT2D eigenvalue weighted by molar-refractivity contribution is -0.143. The average molecular weight is 473 g/mol. The van der Waals surface area contributed by atoms with Crippen LogP contribution in [0.2, 0.25) is 0 Å². The van der Waals surface area contributed by atoms with Crippen molar-refractivity contribution in [1.29, 1.82) is 0 Å². The lowest BCUT2D eigenvalue weighted by Gasteiger charge is -2.12. The number of hydrogen-bond donors (Lipinski definition) is 2. The minimum Gasteiger partial charge on any atom is -0.468 e. The number of amides is 1.